The van der Waals surface area contributed by atoms with Gasteiger partial charge in [-0.1, -0.05) is 61.2 Å². The van der Waals surface area contributed by atoms with Crippen LogP contribution in [0.1, 0.15) is 42.1 Å². The van der Waals surface area contributed by atoms with E-state index in [1.165, 1.54) is 0 Å². The summed E-state index contributed by atoms with van der Waals surface area (Å²) in [6.07, 6.45) is 0.493. The van der Waals surface area contributed by atoms with Gasteiger partial charge in [0.1, 0.15) is 17.1 Å². The zero-order valence-corrected chi connectivity index (χ0v) is 18.7. The van der Waals surface area contributed by atoms with Crippen molar-refractivity contribution in [1.82, 2.24) is 5.32 Å². The van der Waals surface area contributed by atoms with Crippen molar-refractivity contribution in [1.29, 1.82) is 0 Å². The van der Waals surface area contributed by atoms with Gasteiger partial charge in [0.15, 0.2) is 0 Å². The number of ether oxygens (including phenoxy) is 2. The summed E-state index contributed by atoms with van der Waals surface area (Å²) in [6.45, 7) is 2.06. The molecule has 4 rings (SSSR count). The zero-order chi connectivity index (χ0) is 22.6. The maximum absolute atomic E-state index is 11.8. The van der Waals surface area contributed by atoms with Crippen LogP contribution in [0.4, 0.5) is 0 Å². The fourth-order valence-corrected chi connectivity index (χ4v) is 4.31. The fourth-order valence-electron chi connectivity index (χ4n) is 4.31. The Morgan fingerprint density at radius 2 is 1.41 bits per heavy atom. The highest BCUT2D eigenvalue weighted by molar-refractivity contribution is 5.39. The smallest absolute Gasteiger partial charge is 0.132 e. The molecule has 164 valence electrons. The van der Waals surface area contributed by atoms with E-state index in [-0.39, 0.29) is 18.0 Å². The van der Waals surface area contributed by atoms with E-state index in [0.717, 1.165) is 28.2 Å². The summed E-state index contributed by atoms with van der Waals surface area (Å²) in [4.78, 5) is 0. The number of benzene rings is 3. The maximum Gasteiger partial charge on any atom is 0.132 e. The van der Waals surface area contributed by atoms with Crippen molar-refractivity contribution in [3.05, 3.63) is 95.6 Å². The first kappa shape index (κ1) is 22.0. The number of hydrogen-bond donors (Lipinski definition) is 2. The van der Waals surface area contributed by atoms with E-state index < -0.39 is 5.60 Å². The third-order valence-corrected chi connectivity index (χ3v) is 6.34. The van der Waals surface area contributed by atoms with Crippen molar-refractivity contribution in [2.24, 2.45) is 5.92 Å². The molecule has 0 saturated carbocycles. The minimum Gasteiger partial charge on any atom is -0.497 e. The van der Waals surface area contributed by atoms with Crippen molar-refractivity contribution in [3.8, 4) is 23.3 Å². The summed E-state index contributed by atoms with van der Waals surface area (Å²) in [5, 5.41) is 15.6. The van der Waals surface area contributed by atoms with E-state index in [0.29, 0.717) is 6.42 Å². The molecule has 1 aliphatic rings. The average molecular weight is 428 g/mol. The largest absolute Gasteiger partial charge is 0.497 e. The molecule has 0 amide bonds. The van der Waals surface area contributed by atoms with E-state index in [9.17, 15) is 5.11 Å². The molecule has 3 aromatic carbocycles. The first-order chi connectivity index (χ1) is 15.5. The second kappa shape index (κ2) is 9.48. The zero-order valence-electron chi connectivity index (χ0n) is 18.7. The average Bonchev–Trinajstić information content (AvgIpc) is 2.85. The molecule has 4 atom stereocenters. The molecule has 4 nitrogen and oxygen atoms in total. The summed E-state index contributed by atoms with van der Waals surface area (Å²) in [6, 6.07) is 25.7. The molecule has 3 aromatic rings. The van der Waals surface area contributed by atoms with Gasteiger partial charge in [-0.25, -0.2) is 0 Å². The summed E-state index contributed by atoms with van der Waals surface area (Å²) in [7, 11) is 3.32. The predicted molar refractivity (Wildman–Crippen MR) is 127 cm³/mol. The van der Waals surface area contributed by atoms with Gasteiger partial charge in [-0.15, -0.1) is 0 Å². The first-order valence-electron chi connectivity index (χ1n) is 10.9. The number of aliphatic hydroxyl groups is 1. The molecular weight excluding hydrogens is 398 g/mol. The molecule has 1 heterocycles. The second-order valence-electron chi connectivity index (χ2n) is 8.28. The van der Waals surface area contributed by atoms with Crippen LogP contribution in [0, 0.1) is 17.8 Å². The van der Waals surface area contributed by atoms with Gasteiger partial charge in [-0.3, -0.25) is 0 Å². The molecule has 1 saturated heterocycles. The van der Waals surface area contributed by atoms with Crippen LogP contribution >= 0.6 is 0 Å². The lowest BCUT2D eigenvalue weighted by Gasteiger charge is -2.45. The molecule has 0 unspecified atom stereocenters. The normalized spacial score (nSPS) is 24.8. The van der Waals surface area contributed by atoms with Crippen LogP contribution in [-0.4, -0.2) is 24.9 Å². The van der Waals surface area contributed by atoms with E-state index in [2.05, 4.69) is 36.2 Å². The summed E-state index contributed by atoms with van der Waals surface area (Å²) >= 11 is 0. The van der Waals surface area contributed by atoms with Crippen LogP contribution in [-0.2, 0) is 0 Å². The van der Waals surface area contributed by atoms with Gasteiger partial charge in [-0.05, 0) is 47.5 Å². The number of piperidine rings is 1. The Bertz CT molecular complexity index is 1080. The Hall–Kier alpha value is -3.26. The van der Waals surface area contributed by atoms with E-state index in [1.807, 2.05) is 66.7 Å². The summed E-state index contributed by atoms with van der Waals surface area (Å²) in [5.41, 5.74) is 1.93. The fraction of sp³-hybridized carbons (Fsp3) is 0.286. The molecule has 1 aliphatic heterocycles. The third-order valence-electron chi connectivity index (χ3n) is 6.34. The molecule has 0 spiro atoms. The summed E-state index contributed by atoms with van der Waals surface area (Å²) < 4.78 is 10.6. The topological polar surface area (TPSA) is 50.7 Å². The van der Waals surface area contributed by atoms with Gasteiger partial charge >= 0.3 is 0 Å². The minimum absolute atomic E-state index is 0.0562. The number of nitrogens with one attached hydrogen (secondary N) is 1. The van der Waals surface area contributed by atoms with Crippen LogP contribution < -0.4 is 14.8 Å². The van der Waals surface area contributed by atoms with Crippen LogP contribution in [0.5, 0.6) is 11.5 Å². The lowest BCUT2D eigenvalue weighted by molar-refractivity contribution is -0.0196. The Morgan fingerprint density at radius 3 is 1.97 bits per heavy atom. The maximum atomic E-state index is 11.8. The highest BCUT2D eigenvalue weighted by Gasteiger charge is 2.45. The van der Waals surface area contributed by atoms with Crippen molar-refractivity contribution in [2.75, 3.05) is 14.2 Å². The number of methoxy groups -OCH3 is 2. The Morgan fingerprint density at radius 1 is 0.844 bits per heavy atom. The van der Waals surface area contributed by atoms with Crippen molar-refractivity contribution >= 4 is 0 Å². The molecule has 1 fully saturated rings. The SMILES string of the molecule is COc1ccc([C@@H]2C[C@](O)(C#Cc3ccccc3)[C@H](C)[C@@H](c3ccc(OC)cc3)N2)cc1. The molecular formula is C28H29NO3. The third kappa shape index (κ3) is 4.65. The molecule has 4 heteroatoms. The van der Waals surface area contributed by atoms with E-state index >= 15 is 0 Å². The van der Waals surface area contributed by atoms with Gasteiger partial charge in [0.25, 0.3) is 0 Å². The van der Waals surface area contributed by atoms with Crippen LogP contribution in [0.2, 0.25) is 0 Å². The van der Waals surface area contributed by atoms with Gasteiger partial charge in [0.2, 0.25) is 0 Å². The summed E-state index contributed by atoms with van der Waals surface area (Å²) in [5.74, 6) is 7.92. The van der Waals surface area contributed by atoms with Crippen LogP contribution in [0.15, 0.2) is 78.9 Å². The first-order valence-corrected chi connectivity index (χ1v) is 10.9. The molecule has 0 aromatic heterocycles. The van der Waals surface area contributed by atoms with Gasteiger partial charge < -0.3 is 19.9 Å². The van der Waals surface area contributed by atoms with Crippen molar-refractivity contribution in [3.63, 3.8) is 0 Å². The van der Waals surface area contributed by atoms with Gasteiger partial charge in [0, 0.05) is 30.0 Å². The Kier molecular flexibility index (Phi) is 6.50. The molecule has 0 bridgehead atoms. The molecule has 0 radical (unpaired) electrons. The van der Waals surface area contributed by atoms with Crippen molar-refractivity contribution < 1.29 is 14.6 Å². The second-order valence-corrected chi connectivity index (χ2v) is 8.28. The monoisotopic (exact) mass is 427 g/mol. The van der Waals surface area contributed by atoms with Crippen LogP contribution in [0.3, 0.4) is 0 Å². The highest BCUT2D eigenvalue weighted by Crippen LogP contribution is 2.43. The quantitative estimate of drug-likeness (QED) is 0.582. The highest BCUT2D eigenvalue weighted by atomic mass is 16.5. The van der Waals surface area contributed by atoms with Crippen LogP contribution in [0.25, 0.3) is 0 Å². The molecule has 0 aliphatic carbocycles. The van der Waals surface area contributed by atoms with E-state index in [4.69, 9.17) is 9.47 Å². The predicted octanol–water partition coefficient (Wildman–Crippen LogP) is 4.90. The lowest BCUT2D eigenvalue weighted by Crippen LogP contribution is -2.51. The Labute approximate surface area is 190 Å². The van der Waals surface area contributed by atoms with Gasteiger partial charge in [-0.2, -0.15) is 0 Å². The Balaban J connectivity index is 1.71. The number of hydrogen-bond acceptors (Lipinski definition) is 4. The van der Waals surface area contributed by atoms with Gasteiger partial charge in [0.05, 0.1) is 14.2 Å². The van der Waals surface area contributed by atoms with Crippen molar-refractivity contribution in [2.45, 2.75) is 31.0 Å². The lowest BCUT2D eigenvalue weighted by atomic mass is 9.72. The minimum atomic E-state index is -1.16. The molecule has 32 heavy (non-hydrogen) atoms. The van der Waals surface area contributed by atoms with E-state index in [1.54, 1.807) is 14.2 Å². The number of rotatable bonds is 4. The molecule has 2 N–H and O–H groups in total. The standard InChI is InChI=1S/C28H29NO3/c1-20-27(23-11-15-25(32-3)16-12-23)29-26(22-9-13-24(31-2)14-10-22)19-28(20,30)18-17-21-7-5-4-6-8-21/h4-16,20,26-27,29-30H,19H2,1-3H3/t20-,26+,27+,28-/m1/s1.